The summed E-state index contributed by atoms with van der Waals surface area (Å²) in [4.78, 5) is 11.8. The van der Waals surface area contributed by atoms with E-state index < -0.39 is 0 Å². The van der Waals surface area contributed by atoms with Gasteiger partial charge in [0.05, 0.1) is 6.42 Å². The van der Waals surface area contributed by atoms with Crippen LogP contribution in [-0.4, -0.2) is 27.2 Å². The number of imidazole rings is 1. The van der Waals surface area contributed by atoms with E-state index >= 15 is 0 Å². The van der Waals surface area contributed by atoms with Gasteiger partial charge in [0, 0.05) is 19.0 Å². The number of aromatic amines is 1. The van der Waals surface area contributed by atoms with Crippen molar-refractivity contribution < 1.29 is 9.26 Å². The largest absolute Gasteiger partial charge is 0.370 e. The van der Waals surface area contributed by atoms with Gasteiger partial charge in [-0.05, 0) is 32.6 Å². The number of nitrogens with one attached hydrogen (secondary N) is 1. The number of hydrogen-bond acceptors (Lipinski definition) is 5. The van der Waals surface area contributed by atoms with E-state index in [1.165, 1.54) is 0 Å². The lowest BCUT2D eigenvalue weighted by molar-refractivity contribution is -0.0178. The van der Waals surface area contributed by atoms with Gasteiger partial charge >= 0.3 is 0 Å². The first-order valence-corrected chi connectivity index (χ1v) is 6.60. The Balaban J connectivity index is 1.79. The van der Waals surface area contributed by atoms with E-state index in [4.69, 9.17) is 9.26 Å². The molecule has 1 fully saturated rings. The predicted molar refractivity (Wildman–Crippen MR) is 67.6 cm³/mol. The summed E-state index contributed by atoms with van der Waals surface area (Å²) in [6.07, 6.45) is 6.60. The Labute approximate surface area is 111 Å². The minimum Gasteiger partial charge on any atom is -0.370 e. The van der Waals surface area contributed by atoms with Crippen LogP contribution in [0.1, 0.15) is 48.9 Å². The van der Waals surface area contributed by atoms with Crippen LogP contribution in [0.2, 0.25) is 0 Å². The van der Waals surface area contributed by atoms with E-state index in [0.29, 0.717) is 18.1 Å². The van der Waals surface area contributed by atoms with Gasteiger partial charge in [-0.3, -0.25) is 0 Å². The SMILES string of the molecule is COC1(c2noc(Cc3cnc(C)[nH]3)n2)CCCC1. The number of aromatic nitrogens is 4. The van der Waals surface area contributed by atoms with E-state index in [-0.39, 0.29) is 5.60 Å². The summed E-state index contributed by atoms with van der Waals surface area (Å²) in [5.74, 6) is 2.17. The number of methoxy groups -OCH3 is 1. The highest BCUT2D eigenvalue weighted by Crippen LogP contribution is 2.40. The van der Waals surface area contributed by atoms with Gasteiger partial charge in [0.25, 0.3) is 0 Å². The summed E-state index contributed by atoms with van der Waals surface area (Å²) in [7, 11) is 1.72. The fourth-order valence-electron chi connectivity index (χ4n) is 2.70. The third kappa shape index (κ3) is 2.28. The molecule has 1 N–H and O–H groups in total. The Morgan fingerprint density at radius 2 is 2.21 bits per heavy atom. The molecule has 1 aliphatic carbocycles. The van der Waals surface area contributed by atoms with Gasteiger partial charge in [-0.15, -0.1) is 0 Å². The van der Waals surface area contributed by atoms with Crippen LogP contribution >= 0.6 is 0 Å². The molecule has 102 valence electrons. The Hall–Kier alpha value is -1.69. The van der Waals surface area contributed by atoms with Crippen molar-refractivity contribution in [2.24, 2.45) is 0 Å². The fourth-order valence-corrected chi connectivity index (χ4v) is 2.70. The Morgan fingerprint density at radius 1 is 1.42 bits per heavy atom. The molecule has 0 saturated heterocycles. The van der Waals surface area contributed by atoms with Gasteiger partial charge in [-0.2, -0.15) is 4.98 Å². The molecular weight excluding hydrogens is 244 g/mol. The first-order valence-electron chi connectivity index (χ1n) is 6.60. The molecule has 0 aromatic carbocycles. The molecule has 2 heterocycles. The van der Waals surface area contributed by atoms with Crippen molar-refractivity contribution in [3.8, 4) is 0 Å². The number of H-pyrrole nitrogens is 1. The summed E-state index contributed by atoms with van der Waals surface area (Å²) in [6, 6.07) is 0. The van der Waals surface area contributed by atoms with Gasteiger partial charge in [0.15, 0.2) is 0 Å². The van der Waals surface area contributed by atoms with Crippen molar-refractivity contribution >= 4 is 0 Å². The van der Waals surface area contributed by atoms with Gasteiger partial charge in [-0.1, -0.05) is 5.16 Å². The van der Waals surface area contributed by atoms with E-state index in [0.717, 1.165) is 37.2 Å². The molecule has 2 aromatic heterocycles. The average Bonchev–Trinajstić information content (AvgIpc) is 3.11. The lowest BCUT2D eigenvalue weighted by Crippen LogP contribution is -2.26. The Kier molecular flexibility index (Phi) is 3.10. The molecule has 2 aromatic rings. The smallest absolute Gasteiger partial charge is 0.232 e. The van der Waals surface area contributed by atoms with E-state index in [9.17, 15) is 0 Å². The number of hydrogen-bond donors (Lipinski definition) is 1. The molecule has 0 radical (unpaired) electrons. The summed E-state index contributed by atoms with van der Waals surface area (Å²) in [6.45, 7) is 1.92. The van der Waals surface area contributed by atoms with E-state index in [2.05, 4.69) is 20.1 Å². The predicted octanol–water partition coefficient (Wildman–Crippen LogP) is 2.11. The summed E-state index contributed by atoms with van der Waals surface area (Å²) in [5, 5.41) is 4.10. The lowest BCUT2D eigenvalue weighted by Gasteiger charge is -2.22. The highest BCUT2D eigenvalue weighted by Gasteiger charge is 2.40. The van der Waals surface area contributed by atoms with Crippen LogP contribution in [0.3, 0.4) is 0 Å². The van der Waals surface area contributed by atoms with Crippen LogP contribution in [0.25, 0.3) is 0 Å². The van der Waals surface area contributed by atoms with Crippen molar-refractivity contribution in [3.05, 3.63) is 29.4 Å². The maximum atomic E-state index is 5.65. The Morgan fingerprint density at radius 3 is 2.84 bits per heavy atom. The molecule has 0 unspecified atom stereocenters. The molecule has 6 heteroatoms. The first-order chi connectivity index (χ1) is 9.22. The molecule has 3 rings (SSSR count). The van der Waals surface area contributed by atoms with Crippen LogP contribution in [0.15, 0.2) is 10.7 Å². The molecule has 1 saturated carbocycles. The molecule has 6 nitrogen and oxygen atoms in total. The third-order valence-electron chi connectivity index (χ3n) is 3.77. The van der Waals surface area contributed by atoms with Gasteiger partial charge in [-0.25, -0.2) is 4.98 Å². The molecule has 0 bridgehead atoms. The average molecular weight is 262 g/mol. The van der Waals surface area contributed by atoms with Crippen molar-refractivity contribution in [2.45, 2.75) is 44.6 Å². The molecule has 19 heavy (non-hydrogen) atoms. The highest BCUT2D eigenvalue weighted by molar-refractivity contribution is 5.09. The first kappa shape index (κ1) is 12.3. The quantitative estimate of drug-likeness (QED) is 0.913. The third-order valence-corrected chi connectivity index (χ3v) is 3.77. The summed E-state index contributed by atoms with van der Waals surface area (Å²) < 4.78 is 11.0. The monoisotopic (exact) mass is 262 g/mol. The van der Waals surface area contributed by atoms with E-state index in [1.807, 2.05) is 6.92 Å². The number of rotatable bonds is 4. The summed E-state index contributed by atoms with van der Waals surface area (Å²) >= 11 is 0. The second kappa shape index (κ2) is 4.77. The lowest BCUT2D eigenvalue weighted by atomic mass is 10.0. The molecule has 1 aliphatic rings. The number of nitrogens with zero attached hydrogens (tertiary/aromatic N) is 3. The van der Waals surface area contributed by atoms with Crippen LogP contribution in [0, 0.1) is 6.92 Å². The molecule has 0 spiro atoms. The minimum atomic E-state index is -0.342. The van der Waals surface area contributed by atoms with Crippen molar-refractivity contribution in [3.63, 3.8) is 0 Å². The standard InChI is InChI=1S/C13H18N4O2/c1-9-14-8-10(15-9)7-11-16-12(17-19-11)13(18-2)5-3-4-6-13/h8H,3-7H2,1-2H3,(H,14,15). The van der Waals surface area contributed by atoms with Gasteiger partial charge < -0.3 is 14.2 Å². The van der Waals surface area contributed by atoms with Crippen molar-refractivity contribution in [2.75, 3.05) is 7.11 Å². The maximum absolute atomic E-state index is 5.65. The molecule has 0 atom stereocenters. The second-order valence-electron chi connectivity index (χ2n) is 5.09. The zero-order valence-corrected chi connectivity index (χ0v) is 11.3. The second-order valence-corrected chi connectivity index (χ2v) is 5.09. The fraction of sp³-hybridized carbons (Fsp3) is 0.615. The van der Waals surface area contributed by atoms with Gasteiger partial charge in [0.1, 0.15) is 11.4 Å². The molecule has 0 amide bonds. The van der Waals surface area contributed by atoms with Crippen LogP contribution in [0.4, 0.5) is 0 Å². The van der Waals surface area contributed by atoms with Crippen molar-refractivity contribution in [1.82, 2.24) is 20.1 Å². The highest BCUT2D eigenvalue weighted by atomic mass is 16.5. The Bertz CT molecular complexity index is 554. The topological polar surface area (TPSA) is 76.8 Å². The maximum Gasteiger partial charge on any atom is 0.232 e. The zero-order valence-electron chi connectivity index (χ0n) is 11.3. The van der Waals surface area contributed by atoms with Crippen molar-refractivity contribution in [1.29, 1.82) is 0 Å². The minimum absolute atomic E-state index is 0.342. The number of ether oxygens (including phenoxy) is 1. The molecule has 0 aliphatic heterocycles. The molecular formula is C13H18N4O2. The van der Waals surface area contributed by atoms with Gasteiger partial charge in [0.2, 0.25) is 11.7 Å². The van der Waals surface area contributed by atoms with Crippen LogP contribution in [0.5, 0.6) is 0 Å². The number of aryl methyl sites for hydroxylation is 1. The van der Waals surface area contributed by atoms with E-state index in [1.54, 1.807) is 13.3 Å². The van der Waals surface area contributed by atoms with Crippen LogP contribution in [-0.2, 0) is 16.8 Å². The normalized spacial score (nSPS) is 18.0. The zero-order chi connectivity index (χ0) is 13.3. The van der Waals surface area contributed by atoms with Crippen LogP contribution < -0.4 is 0 Å². The summed E-state index contributed by atoms with van der Waals surface area (Å²) in [5.41, 5.74) is 0.636.